The van der Waals surface area contributed by atoms with Gasteiger partial charge in [-0.05, 0) is 48.4 Å². The number of sulfone groups is 1. The minimum atomic E-state index is -4.71. The van der Waals surface area contributed by atoms with Crippen molar-refractivity contribution in [3.8, 4) is 0 Å². The van der Waals surface area contributed by atoms with Gasteiger partial charge < -0.3 is 10.2 Å². The number of pyridine rings is 1. The summed E-state index contributed by atoms with van der Waals surface area (Å²) in [5.74, 6) is -0.973. The van der Waals surface area contributed by atoms with Gasteiger partial charge in [-0.15, -0.1) is 0 Å². The van der Waals surface area contributed by atoms with Gasteiger partial charge in [-0.25, -0.2) is 8.42 Å². The van der Waals surface area contributed by atoms with Crippen LogP contribution in [-0.2, 0) is 26.5 Å². The minimum absolute atomic E-state index is 0.0315. The Kier molecular flexibility index (Phi) is 7.11. The van der Waals surface area contributed by atoms with Crippen molar-refractivity contribution in [1.82, 2.24) is 9.88 Å². The van der Waals surface area contributed by atoms with Gasteiger partial charge in [-0.2, -0.15) is 13.2 Å². The first-order valence-electron chi connectivity index (χ1n) is 12.1. The molecule has 1 aromatic heterocycles. The Labute approximate surface area is 210 Å². The third-order valence-electron chi connectivity index (χ3n) is 7.64. The van der Waals surface area contributed by atoms with E-state index in [0.29, 0.717) is 23.4 Å². The Balaban J connectivity index is 1.46. The maximum absolute atomic E-state index is 14.0. The van der Waals surface area contributed by atoms with Crippen LogP contribution in [0.3, 0.4) is 0 Å². The van der Waals surface area contributed by atoms with E-state index in [1.54, 1.807) is 6.07 Å². The Morgan fingerprint density at radius 1 is 1.17 bits per heavy atom. The number of rotatable bonds is 6. The number of nitrogens with one attached hydrogen (secondary N) is 1. The molecule has 0 bridgehead atoms. The fourth-order valence-electron chi connectivity index (χ4n) is 5.34. The smallest absolute Gasteiger partial charge is 0.380 e. The van der Waals surface area contributed by atoms with Crippen molar-refractivity contribution >= 4 is 21.4 Å². The molecule has 6 nitrogen and oxygen atoms in total. The van der Waals surface area contributed by atoms with Gasteiger partial charge in [0.15, 0.2) is 6.04 Å². The molecule has 1 amide bonds. The highest BCUT2D eigenvalue weighted by molar-refractivity contribution is 7.91. The van der Waals surface area contributed by atoms with Crippen LogP contribution < -0.4 is 5.32 Å². The molecular formula is C26H32F3N3O3S. The molecule has 1 aliphatic carbocycles. The number of benzene rings is 1. The molecule has 1 unspecified atom stereocenters. The van der Waals surface area contributed by atoms with Crippen molar-refractivity contribution in [2.24, 2.45) is 5.92 Å². The first-order chi connectivity index (χ1) is 16.8. The Morgan fingerprint density at radius 2 is 1.83 bits per heavy atom. The first-order valence-corrected chi connectivity index (χ1v) is 13.9. The highest BCUT2D eigenvalue weighted by Crippen LogP contribution is 2.41. The molecule has 0 saturated carbocycles. The highest BCUT2D eigenvalue weighted by atomic mass is 32.2. The van der Waals surface area contributed by atoms with Crippen molar-refractivity contribution in [1.29, 1.82) is 0 Å². The summed E-state index contributed by atoms with van der Waals surface area (Å²) >= 11 is 0. The topological polar surface area (TPSA) is 79.4 Å². The first kappa shape index (κ1) is 26.4. The zero-order valence-corrected chi connectivity index (χ0v) is 21.5. The molecule has 0 spiro atoms. The van der Waals surface area contributed by atoms with Crippen LogP contribution in [0.15, 0.2) is 42.6 Å². The number of alkyl halides is 3. The lowest BCUT2D eigenvalue weighted by Crippen LogP contribution is -2.41. The lowest BCUT2D eigenvalue weighted by atomic mass is 9.83. The molecule has 4 rings (SSSR count). The van der Waals surface area contributed by atoms with E-state index in [4.69, 9.17) is 0 Å². The molecule has 196 valence electrons. The minimum Gasteiger partial charge on any atom is -0.380 e. The molecule has 2 aliphatic rings. The molecule has 1 saturated heterocycles. The molecular weight excluding hydrogens is 491 g/mol. The number of halogens is 3. The monoisotopic (exact) mass is 523 g/mol. The van der Waals surface area contributed by atoms with Crippen LogP contribution in [-0.4, -0.2) is 55.0 Å². The zero-order valence-electron chi connectivity index (χ0n) is 20.7. The van der Waals surface area contributed by atoms with Gasteiger partial charge in [0, 0.05) is 24.9 Å². The molecule has 0 radical (unpaired) electrons. The van der Waals surface area contributed by atoms with E-state index < -0.39 is 28.0 Å². The predicted octanol–water partition coefficient (Wildman–Crippen LogP) is 4.67. The highest BCUT2D eigenvalue weighted by Gasteiger charge is 2.46. The molecule has 10 heteroatoms. The molecule has 1 aromatic carbocycles. The summed E-state index contributed by atoms with van der Waals surface area (Å²) in [6.45, 7) is 4.28. The SMILES string of the molecule is CN(C(=O)CC1CCS(=O)(=O)CC1)C(c1ccc(N[C@H]2Cc3ccccc3C2(C)C)cn1)C(F)(F)F. The van der Waals surface area contributed by atoms with Crippen LogP contribution >= 0.6 is 0 Å². The molecule has 1 N–H and O–H groups in total. The number of anilines is 1. The van der Waals surface area contributed by atoms with Crippen molar-refractivity contribution in [3.63, 3.8) is 0 Å². The van der Waals surface area contributed by atoms with Gasteiger partial charge in [-0.1, -0.05) is 38.1 Å². The van der Waals surface area contributed by atoms with Gasteiger partial charge in [0.2, 0.25) is 5.91 Å². The van der Waals surface area contributed by atoms with Crippen LogP contribution in [0.5, 0.6) is 0 Å². The third-order valence-corrected chi connectivity index (χ3v) is 9.36. The summed E-state index contributed by atoms with van der Waals surface area (Å²) in [5.41, 5.74) is 2.69. The normalized spacial score (nSPS) is 22.0. The molecule has 2 heterocycles. The number of hydrogen-bond acceptors (Lipinski definition) is 5. The van der Waals surface area contributed by atoms with E-state index in [1.807, 2.05) is 12.1 Å². The van der Waals surface area contributed by atoms with Gasteiger partial charge >= 0.3 is 6.18 Å². The number of amides is 1. The molecule has 1 fully saturated rings. The Morgan fingerprint density at radius 3 is 2.42 bits per heavy atom. The third kappa shape index (κ3) is 5.53. The van der Waals surface area contributed by atoms with Crippen LogP contribution in [0.1, 0.15) is 56.0 Å². The quantitative estimate of drug-likeness (QED) is 0.595. The van der Waals surface area contributed by atoms with Crippen molar-refractivity contribution in [2.75, 3.05) is 23.9 Å². The summed E-state index contributed by atoms with van der Waals surface area (Å²) in [6, 6.07) is 8.96. The van der Waals surface area contributed by atoms with Crippen molar-refractivity contribution < 1.29 is 26.4 Å². The van der Waals surface area contributed by atoms with Gasteiger partial charge in [0.25, 0.3) is 0 Å². The van der Waals surface area contributed by atoms with Crippen molar-refractivity contribution in [2.45, 2.75) is 63.2 Å². The lowest BCUT2D eigenvalue weighted by molar-refractivity contribution is -0.190. The summed E-state index contributed by atoms with van der Waals surface area (Å²) in [6.07, 6.45) is -2.06. The zero-order chi connectivity index (χ0) is 26.3. The molecule has 2 aromatic rings. The van der Waals surface area contributed by atoms with Crippen LogP contribution in [0, 0.1) is 5.92 Å². The molecule has 1 aliphatic heterocycles. The number of carbonyl (C=O) groups excluding carboxylic acids is 1. The number of nitrogens with zero attached hydrogens (tertiary/aromatic N) is 2. The van der Waals surface area contributed by atoms with E-state index in [1.165, 1.54) is 23.4 Å². The van der Waals surface area contributed by atoms with Crippen LogP contribution in [0.25, 0.3) is 0 Å². The standard InChI is InChI=1S/C26H32F3N3O3S/c1-25(2)20-7-5-4-6-18(20)15-22(25)31-19-8-9-21(30-16-19)24(26(27,28)29)32(3)23(33)14-17-10-12-36(34,35)13-11-17/h4-9,16-17,22,24,31H,10-15H2,1-3H3/t22-,24?/m0/s1. The fourth-order valence-corrected chi connectivity index (χ4v) is 6.93. The number of hydrogen-bond donors (Lipinski definition) is 1. The van der Waals surface area contributed by atoms with Gasteiger partial charge in [0.1, 0.15) is 9.84 Å². The molecule has 2 atom stereocenters. The van der Waals surface area contributed by atoms with Crippen molar-refractivity contribution in [3.05, 3.63) is 59.4 Å². The summed E-state index contributed by atoms with van der Waals surface area (Å²) in [5, 5.41) is 3.42. The second-order valence-corrected chi connectivity index (χ2v) is 12.8. The number of fused-ring (bicyclic) bond motifs is 1. The average Bonchev–Trinajstić information content (AvgIpc) is 3.05. The van der Waals surface area contributed by atoms with E-state index in [9.17, 15) is 26.4 Å². The van der Waals surface area contributed by atoms with Crippen LogP contribution in [0.2, 0.25) is 0 Å². The van der Waals surface area contributed by atoms with Crippen LogP contribution in [0.4, 0.5) is 18.9 Å². The Hall–Kier alpha value is -2.62. The predicted molar refractivity (Wildman–Crippen MR) is 132 cm³/mol. The van der Waals surface area contributed by atoms with E-state index in [2.05, 4.69) is 36.3 Å². The van der Waals surface area contributed by atoms with Gasteiger partial charge in [0.05, 0.1) is 29.1 Å². The summed E-state index contributed by atoms with van der Waals surface area (Å²) < 4.78 is 65.4. The lowest BCUT2D eigenvalue weighted by Gasteiger charge is -2.32. The Bertz CT molecular complexity index is 1200. The summed E-state index contributed by atoms with van der Waals surface area (Å²) in [7, 11) is -1.98. The maximum atomic E-state index is 14.0. The number of aromatic nitrogens is 1. The average molecular weight is 524 g/mol. The van der Waals surface area contributed by atoms with E-state index >= 15 is 0 Å². The molecule has 36 heavy (non-hydrogen) atoms. The summed E-state index contributed by atoms with van der Waals surface area (Å²) in [4.78, 5) is 17.5. The van der Waals surface area contributed by atoms with Gasteiger partial charge in [-0.3, -0.25) is 9.78 Å². The second-order valence-electron chi connectivity index (χ2n) is 10.5. The second kappa shape index (κ2) is 9.68. The number of carbonyl (C=O) groups is 1. The fraction of sp³-hybridized carbons (Fsp3) is 0.538. The van der Waals surface area contributed by atoms with E-state index in [0.717, 1.165) is 13.5 Å². The maximum Gasteiger partial charge on any atom is 0.414 e. The largest absolute Gasteiger partial charge is 0.414 e. The van der Waals surface area contributed by atoms with E-state index in [-0.39, 0.29) is 41.0 Å².